The molecule has 1 aromatic carbocycles. The summed E-state index contributed by atoms with van der Waals surface area (Å²) in [5.41, 5.74) is 0.895. The second kappa shape index (κ2) is 27.0. The molecule has 0 aliphatic carbocycles. The van der Waals surface area contributed by atoms with Crippen LogP contribution in [0.2, 0.25) is 0 Å². The number of esters is 2. The fraction of sp³-hybridized carbons (Fsp3) is 0.786. The van der Waals surface area contributed by atoms with Crippen molar-refractivity contribution < 1.29 is 66.5 Å². The monoisotopic (exact) mass is 811 g/mol. The van der Waals surface area contributed by atoms with Crippen LogP contribution in [0.3, 0.4) is 0 Å². The molecule has 326 valence electrons. The lowest BCUT2D eigenvalue weighted by atomic mass is 9.79. The minimum absolute atomic E-state index is 0.161. The number of benzene rings is 1. The van der Waals surface area contributed by atoms with E-state index in [4.69, 9.17) is 52.1 Å². The highest BCUT2D eigenvalue weighted by atomic mass is 16.7. The van der Waals surface area contributed by atoms with Gasteiger partial charge in [0.2, 0.25) is 0 Å². The van der Waals surface area contributed by atoms with E-state index >= 15 is 0 Å². The van der Waals surface area contributed by atoms with Crippen molar-refractivity contribution in [3.05, 3.63) is 35.9 Å². The largest absolute Gasteiger partial charge is 0.463 e. The third-order valence-electron chi connectivity index (χ3n) is 11.1. The molecule has 0 spiro atoms. The zero-order valence-electron chi connectivity index (χ0n) is 35.4. The third kappa shape index (κ3) is 17.9. The molecule has 1 amide bonds. The zero-order valence-corrected chi connectivity index (χ0v) is 35.4. The molecule has 15 heteroatoms. The van der Waals surface area contributed by atoms with E-state index in [9.17, 15) is 14.4 Å². The number of carbonyl (C=O) groups excluding carboxylic acids is 3. The molecular weight excluding hydrogens is 742 g/mol. The zero-order chi connectivity index (χ0) is 41.6. The summed E-state index contributed by atoms with van der Waals surface area (Å²) in [4.78, 5) is 37.2. The minimum atomic E-state index is -0.455. The van der Waals surface area contributed by atoms with E-state index in [0.717, 1.165) is 5.56 Å². The maximum absolute atomic E-state index is 13.0. The van der Waals surface area contributed by atoms with Gasteiger partial charge in [-0.1, -0.05) is 71.9 Å². The molecule has 2 saturated heterocycles. The molecule has 0 radical (unpaired) electrons. The number of hydrogen-bond donors (Lipinski definition) is 0. The summed E-state index contributed by atoms with van der Waals surface area (Å²) in [6, 6.07) is 9.51. The van der Waals surface area contributed by atoms with E-state index in [0.29, 0.717) is 91.0 Å². The van der Waals surface area contributed by atoms with E-state index in [1.165, 1.54) is 13.8 Å². The maximum atomic E-state index is 13.0. The predicted molar refractivity (Wildman–Crippen MR) is 209 cm³/mol. The molecule has 0 N–H and O–H groups in total. The van der Waals surface area contributed by atoms with Gasteiger partial charge < -0.3 is 57.0 Å². The van der Waals surface area contributed by atoms with E-state index in [2.05, 4.69) is 41.5 Å². The average Bonchev–Trinajstić information content (AvgIpc) is 3.19. The molecule has 2 aliphatic heterocycles. The molecule has 15 nitrogen and oxygen atoms in total. The van der Waals surface area contributed by atoms with Gasteiger partial charge in [0.05, 0.1) is 78.3 Å². The summed E-state index contributed by atoms with van der Waals surface area (Å²) in [6.45, 7) is 20.2. The Hall–Kier alpha value is -2.89. The average molecular weight is 812 g/mol. The van der Waals surface area contributed by atoms with Gasteiger partial charge in [-0.15, -0.1) is 0 Å². The van der Waals surface area contributed by atoms with Crippen molar-refractivity contribution in [1.29, 1.82) is 0 Å². The first kappa shape index (κ1) is 48.5. The van der Waals surface area contributed by atoms with Crippen LogP contribution < -0.4 is 0 Å². The second-order valence-electron chi connectivity index (χ2n) is 15.1. The van der Waals surface area contributed by atoms with E-state index in [1.807, 2.05) is 30.3 Å². The SMILES string of the molecule is CC(=O)OCC1OC(OCCOCCOCCN(CCOCCOCCOC2OC(COC(C)=O)C(C)C(C)C2C)C(=O)OCc2ccccc2)C(C)C(C)C1C. The minimum Gasteiger partial charge on any atom is -0.463 e. The molecule has 0 saturated carbocycles. The van der Waals surface area contributed by atoms with Gasteiger partial charge in [-0.2, -0.15) is 0 Å². The van der Waals surface area contributed by atoms with Crippen molar-refractivity contribution >= 4 is 18.0 Å². The van der Waals surface area contributed by atoms with Gasteiger partial charge >= 0.3 is 18.0 Å². The number of ether oxygens (including phenoxy) is 11. The molecule has 2 fully saturated rings. The molecule has 2 aliphatic rings. The number of hydrogen-bond acceptors (Lipinski definition) is 14. The Balaban J connectivity index is 1.29. The number of rotatable bonds is 26. The lowest BCUT2D eigenvalue weighted by Gasteiger charge is -2.43. The van der Waals surface area contributed by atoms with Crippen molar-refractivity contribution in [2.24, 2.45) is 35.5 Å². The molecule has 3 rings (SSSR count). The maximum Gasteiger partial charge on any atom is 0.410 e. The number of amides is 1. The fourth-order valence-corrected chi connectivity index (χ4v) is 6.68. The first-order chi connectivity index (χ1) is 27.4. The third-order valence-corrected chi connectivity index (χ3v) is 11.1. The smallest absolute Gasteiger partial charge is 0.410 e. The van der Waals surface area contributed by atoms with Crippen molar-refractivity contribution in [1.82, 2.24) is 4.90 Å². The summed E-state index contributed by atoms with van der Waals surface area (Å²) in [5, 5.41) is 0. The van der Waals surface area contributed by atoms with Crippen LogP contribution in [0.5, 0.6) is 0 Å². The summed E-state index contributed by atoms with van der Waals surface area (Å²) >= 11 is 0. The van der Waals surface area contributed by atoms with Crippen LogP contribution in [0.25, 0.3) is 0 Å². The van der Waals surface area contributed by atoms with Gasteiger partial charge in [0.15, 0.2) is 12.6 Å². The predicted octanol–water partition coefficient (Wildman–Crippen LogP) is 5.12. The van der Waals surface area contributed by atoms with Crippen LogP contribution >= 0.6 is 0 Å². The highest BCUT2D eigenvalue weighted by Gasteiger charge is 2.41. The van der Waals surface area contributed by atoms with Crippen LogP contribution in [0.15, 0.2) is 30.3 Å². The summed E-state index contributed by atoms with van der Waals surface area (Å²) in [5.74, 6) is 0.841. The van der Waals surface area contributed by atoms with Crippen LogP contribution in [0.4, 0.5) is 4.79 Å². The number of nitrogens with zero attached hydrogens (tertiary/aromatic N) is 1. The van der Waals surface area contributed by atoms with Gasteiger partial charge in [-0.3, -0.25) is 9.59 Å². The Morgan fingerprint density at radius 2 is 0.930 bits per heavy atom. The second-order valence-corrected chi connectivity index (χ2v) is 15.1. The summed E-state index contributed by atoms with van der Waals surface area (Å²) < 4.78 is 63.1. The van der Waals surface area contributed by atoms with Gasteiger partial charge in [0, 0.05) is 38.8 Å². The molecule has 10 atom stereocenters. The summed E-state index contributed by atoms with van der Waals surface area (Å²) in [7, 11) is 0. The van der Waals surface area contributed by atoms with Crippen LogP contribution in [-0.4, -0.2) is 140 Å². The molecule has 57 heavy (non-hydrogen) atoms. The van der Waals surface area contributed by atoms with Crippen molar-refractivity contribution in [3.63, 3.8) is 0 Å². The fourth-order valence-electron chi connectivity index (χ4n) is 6.68. The van der Waals surface area contributed by atoms with Gasteiger partial charge in [0.1, 0.15) is 19.8 Å². The van der Waals surface area contributed by atoms with Gasteiger partial charge in [-0.25, -0.2) is 4.79 Å². The van der Waals surface area contributed by atoms with E-state index < -0.39 is 18.7 Å². The Morgan fingerprint density at radius 1 is 0.526 bits per heavy atom. The Bertz CT molecular complexity index is 1200. The Kier molecular flexibility index (Phi) is 22.9. The molecule has 0 bridgehead atoms. The normalized spacial score (nSPS) is 27.4. The Labute approximate surface area is 339 Å². The lowest BCUT2D eigenvalue weighted by Crippen LogP contribution is -2.48. The van der Waals surface area contributed by atoms with Crippen LogP contribution in [0, 0.1) is 35.5 Å². The van der Waals surface area contributed by atoms with Crippen LogP contribution in [0.1, 0.15) is 61.0 Å². The lowest BCUT2D eigenvalue weighted by molar-refractivity contribution is -0.258. The standard InChI is InChI=1S/C42H69NO14/c1-29-31(3)38(27-53-35(7)44)56-40(33(29)5)51-24-22-49-20-18-47-16-14-43(42(46)55-26-37-12-10-9-11-13-37)15-17-48-19-21-50-23-25-52-41-34(6)30(2)32(4)39(57-41)28-54-36(8)45/h9-13,29-34,38-41H,14-28H2,1-8H3. The van der Waals surface area contributed by atoms with E-state index in [1.54, 1.807) is 4.90 Å². The highest BCUT2D eigenvalue weighted by molar-refractivity contribution is 5.67. The topological polar surface area (TPSA) is 156 Å². The molecule has 10 unspecified atom stereocenters. The first-order valence-electron chi connectivity index (χ1n) is 20.5. The molecule has 2 heterocycles. The summed E-state index contributed by atoms with van der Waals surface area (Å²) in [6.07, 6.45) is -1.71. The van der Waals surface area contributed by atoms with E-state index in [-0.39, 0.29) is 67.6 Å². The van der Waals surface area contributed by atoms with Gasteiger partial charge in [-0.05, 0) is 29.2 Å². The van der Waals surface area contributed by atoms with Crippen molar-refractivity contribution in [3.8, 4) is 0 Å². The first-order valence-corrected chi connectivity index (χ1v) is 20.5. The highest BCUT2D eigenvalue weighted by Crippen LogP contribution is 2.36. The molecule has 0 aromatic heterocycles. The molecule has 1 aromatic rings. The molecular formula is C42H69NO14. The van der Waals surface area contributed by atoms with Gasteiger partial charge in [0.25, 0.3) is 0 Å². The van der Waals surface area contributed by atoms with Crippen molar-refractivity contribution in [2.75, 3.05) is 92.4 Å². The number of carbonyl (C=O) groups is 3. The quantitative estimate of drug-likeness (QED) is 0.0691. The van der Waals surface area contributed by atoms with Crippen molar-refractivity contribution in [2.45, 2.75) is 86.8 Å². The van der Waals surface area contributed by atoms with Crippen LogP contribution in [-0.2, 0) is 68.3 Å². The Morgan fingerprint density at radius 3 is 1.35 bits per heavy atom.